The normalized spacial score (nSPS) is 18.7. The first kappa shape index (κ1) is 14.0. The maximum absolute atomic E-state index is 11.6. The van der Waals surface area contributed by atoms with Gasteiger partial charge in [0.15, 0.2) is 0 Å². The number of benzene rings is 1. The highest BCUT2D eigenvalue weighted by Crippen LogP contribution is 2.34. The predicted octanol–water partition coefficient (Wildman–Crippen LogP) is 2.89. The van der Waals surface area contributed by atoms with Crippen LogP contribution in [0.25, 0.3) is 10.9 Å². The van der Waals surface area contributed by atoms with E-state index >= 15 is 0 Å². The standard InChI is InChI=1S/C18H18N4O/c19-10-13-11-22(14-3-1-2-4-14)16-6-5-12(9-15(13)16)18-20-8-7-17(23)21-18/h5-6,9,11,14H,1-4,7-8H2,(H,20,21,23). The quantitative estimate of drug-likeness (QED) is 0.926. The molecule has 0 unspecified atom stereocenters. The fourth-order valence-electron chi connectivity index (χ4n) is 3.64. The van der Waals surface area contributed by atoms with Crippen molar-refractivity contribution < 1.29 is 4.79 Å². The molecule has 1 saturated carbocycles. The Bertz CT molecular complexity index is 850. The molecule has 5 nitrogen and oxygen atoms in total. The van der Waals surface area contributed by atoms with E-state index in [1.807, 2.05) is 24.4 Å². The van der Waals surface area contributed by atoms with Crippen molar-refractivity contribution >= 4 is 22.6 Å². The molecule has 0 spiro atoms. The van der Waals surface area contributed by atoms with Crippen LogP contribution in [0.5, 0.6) is 0 Å². The molecule has 1 amide bonds. The molecule has 4 rings (SSSR count). The monoisotopic (exact) mass is 306 g/mol. The van der Waals surface area contributed by atoms with Crippen molar-refractivity contribution in [3.63, 3.8) is 0 Å². The summed E-state index contributed by atoms with van der Waals surface area (Å²) in [7, 11) is 0. The van der Waals surface area contributed by atoms with Crippen LogP contribution in [0.4, 0.5) is 0 Å². The molecule has 23 heavy (non-hydrogen) atoms. The lowest BCUT2D eigenvalue weighted by Gasteiger charge is -2.15. The van der Waals surface area contributed by atoms with Crippen LogP contribution >= 0.6 is 0 Å². The summed E-state index contributed by atoms with van der Waals surface area (Å²) >= 11 is 0. The van der Waals surface area contributed by atoms with Crippen molar-refractivity contribution in [3.8, 4) is 6.07 Å². The summed E-state index contributed by atoms with van der Waals surface area (Å²) in [5.41, 5.74) is 2.66. The van der Waals surface area contributed by atoms with Gasteiger partial charge in [0, 0.05) is 35.1 Å². The van der Waals surface area contributed by atoms with E-state index in [0.717, 1.165) is 16.5 Å². The molecular weight excluding hydrogens is 288 g/mol. The lowest BCUT2D eigenvalue weighted by Crippen LogP contribution is -2.35. The van der Waals surface area contributed by atoms with Gasteiger partial charge in [-0.3, -0.25) is 9.79 Å². The predicted molar refractivity (Wildman–Crippen MR) is 88.3 cm³/mol. The topological polar surface area (TPSA) is 70.2 Å². The third kappa shape index (κ3) is 2.40. The van der Waals surface area contributed by atoms with Gasteiger partial charge in [0.2, 0.25) is 5.91 Å². The molecule has 2 heterocycles. The summed E-state index contributed by atoms with van der Waals surface area (Å²) in [6.45, 7) is 0.521. The third-order valence-corrected chi connectivity index (χ3v) is 4.81. The van der Waals surface area contributed by atoms with Gasteiger partial charge >= 0.3 is 0 Å². The summed E-state index contributed by atoms with van der Waals surface area (Å²) in [4.78, 5) is 16.0. The largest absolute Gasteiger partial charge is 0.343 e. The Morgan fingerprint density at radius 2 is 2.13 bits per heavy atom. The molecule has 1 fully saturated rings. The lowest BCUT2D eigenvalue weighted by atomic mass is 10.1. The van der Waals surface area contributed by atoms with Gasteiger partial charge in [-0.15, -0.1) is 0 Å². The second-order valence-electron chi connectivity index (χ2n) is 6.26. The van der Waals surface area contributed by atoms with E-state index in [1.165, 1.54) is 25.7 Å². The number of carbonyl (C=O) groups excluding carboxylic acids is 1. The maximum Gasteiger partial charge on any atom is 0.227 e. The van der Waals surface area contributed by atoms with Gasteiger partial charge in [-0.2, -0.15) is 5.26 Å². The van der Waals surface area contributed by atoms with Crippen LogP contribution < -0.4 is 5.32 Å². The number of hydrogen-bond donors (Lipinski definition) is 1. The zero-order valence-electron chi connectivity index (χ0n) is 12.9. The second-order valence-corrected chi connectivity index (χ2v) is 6.26. The van der Waals surface area contributed by atoms with Gasteiger partial charge in [-0.05, 0) is 31.0 Å². The molecule has 5 heteroatoms. The Hall–Kier alpha value is -2.61. The molecular formula is C18H18N4O. The van der Waals surface area contributed by atoms with Gasteiger partial charge in [0.25, 0.3) is 0 Å². The first-order valence-electron chi connectivity index (χ1n) is 8.15. The van der Waals surface area contributed by atoms with Crippen molar-refractivity contribution in [2.75, 3.05) is 6.54 Å². The Balaban J connectivity index is 1.81. The Kier molecular flexibility index (Phi) is 3.38. The van der Waals surface area contributed by atoms with E-state index < -0.39 is 0 Å². The third-order valence-electron chi connectivity index (χ3n) is 4.81. The highest BCUT2D eigenvalue weighted by atomic mass is 16.1. The summed E-state index contributed by atoms with van der Waals surface area (Å²) in [6.07, 6.45) is 7.29. The van der Waals surface area contributed by atoms with Crippen molar-refractivity contribution in [1.29, 1.82) is 5.26 Å². The molecule has 116 valence electrons. The van der Waals surface area contributed by atoms with E-state index in [-0.39, 0.29) is 5.91 Å². The van der Waals surface area contributed by atoms with Crippen LogP contribution in [0.2, 0.25) is 0 Å². The number of nitrogens with one attached hydrogen (secondary N) is 1. The van der Waals surface area contributed by atoms with Crippen LogP contribution in [0.15, 0.2) is 29.4 Å². The van der Waals surface area contributed by atoms with Crippen molar-refractivity contribution in [2.45, 2.75) is 38.1 Å². The van der Waals surface area contributed by atoms with Gasteiger partial charge in [0.05, 0.1) is 12.1 Å². The Morgan fingerprint density at radius 1 is 1.30 bits per heavy atom. The van der Waals surface area contributed by atoms with Crippen LogP contribution in [-0.2, 0) is 4.79 Å². The van der Waals surface area contributed by atoms with Gasteiger partial charge in [-0.1, -0.05) is 12.8 Å². The molecule has 2 aromatic rings. The van der Waals surface area contributed by atoms with Crippen molar-refractivity contribution in [2.24, 2.45) is 4.99 Å². The molecule has 0 radical (unpaired) electrons. The fourth-order valence-corrected chi connectivity index (χ4v) is 3.64. The Labute approximate surface area is 134 Å². The molecule has 1 aromatic heterocycles. The second kappa shape index (κ2) is 5.54. The van der Waals surface area contributed by atoms with E-state index in [9.17, 15) is 10.1 Å². The number of amidine groups is 1. The minimum absolute atomic E-state index is 0.000806. The summed E-state index contributed by atoms with van der Waals surface area (Å²) in [6, 6.07) is 8.81. The highest BCUT2D eigenvalue weighted by Gasteiger charge is 2.21. The van der Waals surface area contributed by atoms with Gasteiger partial charge in [0.1, 0.15) is 11.9 Å². The minimum Gasteiger partial charge on any atom is -0.343 e. The fraction of sp³-hybridized carbons (Fsp3) is 0.389. The number of fused-ring (bicyclic) bond motifs is 1. The van der Waals surface area contributed by atoms with Crippen LogP contribution in [0, 0.1) is 11.3 Å². The molecule has 1 aliphatic heterocycles. The van der Waals surface area contributed by atoms with Crippen molar-refractivity contribution in [1.82, 2.24) is 9.88 Å². The number of nitriles is 1. The molecule has 0 bridgehead atoms. The van der Waals surface area contributed by atoms with Crippen LogP contribution in [0.3, 0.4) is 0 Å². The minimum atomic E-state index is -0.000806. The molecule has 1 aliphatic carbocycles. The SMILES string of the molecule is N#Cc1cn(C2CCCC2)c2ccc(C3=NCCC(=O)N3)cc12. The molecule has 0 saturated heterocycles. The first-order valence-corrected chi connectivity index (χ1v) is 8.15. The molecule has 2 aliphatic rings. The highest BCUT2D eigenvalue weighted by molar-refractivity contribution is 6.10. The van der Waals surface area contributed by atoms with Crippen LogP contribution in [-0.4, -0.2) is 22.9 Å². The smallest absolute Gasteiger partial charge is 0.227 e. The molecule has 1 N–H and O–H groups in total. The van der Waals surface area contributed by atoms with Crippen molar-refractivity contribution in [3.05, 3.63) is 35.5 Å². The number of aromatic nitrogens is 1. The number of carbonyl (C=O) groups is 1. The lowest BCUT2D eigenvalue weighted by molar-refractivity contribution is -0.119. The number of rotatable bonds is 2. The number of hydrogen-bond acceptors (Lipinski definition) is 3. The van der Waals surface area contributed by atoms with E-state index in [4.69, 9.17) is 0 Å². The average molecular weight is 306 g/mol. The van der Waals surface area contributed by atoms with Gasteiger partial charge < -0.3 is 9.88 Å². The zero-order valence-corrected chi connectivity index (χ0v) is 12.9. The molecule has 0 atom stereocenters. The average Bonchev–Trinajstić information content (AvgIpc) is 3.21. The molecule has 1 aromatic carbocycles. The van der Waals surface area contributed by atoms with Crippen LogP contribution in [0.1, 0.15) is 49.3 Å². The van der Waals surface area contributed by atoms with E-state index in [2.05, 4.69) is 20.9 Å². The summed E-state index contributed by atoms with van der Waals surface area (Å²) in [5, 5.41) is 13.2. The number of amides is 1. The zero-order chi connectivity index (χ0) is 15.8. The number of aliphatic imine (C=N–C) groups is 1. The summed E-state index contributed by atoms with van der Waals surface area (Å²) < 4.78 is 2.26. The first-order chi connectivity index (χ1) is 11.3. The van der Waals surface area contributed by atoms with Gasteiger partial charge in [-0.25, -0.2) is 0 Å². The van der Waals surface area contributed by atoms with E-state index in [0.29, 0.717) is 30.4 Å². The summed E-state index contributed by atoms with van der Waals surface area (Å²) in [5.74, 6) is 0.611. The Morgan fingerprint density at radius 3 is 2.87 bits per heavy atom. The van der Waals surface area contributed by atoms with E-state index in [1.54, 1.807) is 0 Å². The maximum atomic E-state index is 11.6. The number of nitrogens with zero attached hydrogens (tertiary/aromatic N) is 3.